The molecule has 1 fully saturated rings. The maximum absolute atomic E-state index is 11.1. The molecule has 1 heterocycles. The summed E-state index contributed by atoms with van der Waals surface area (Å²) in [5.41, 5.74) is 6.47. The molecule has 0 spiro atoms. The standard InChI is InChI=1S/C10H19N3O/c1-8(2)3-5-13-6-4-12-7-9(13)10(11)14/h9,12H,1,3-7H2,2H3,(H2,11,14). The van der Waals surface area contributed by atoms with Crippen LogP contribution in [0.3, 0.4) is 0 Å². The summed E-state index contributed by atoms with van der Waals surface area (Å²) in [7, 11) is 0. The van der Waals surface area contributed by atoms with Crippen molar-refractivity contribution in [3.8, 4) is 0 Å². The fraction of sp³-hybridized carbons (Fsp3) is 0.700. The molecule has 1 aliphatic heterocycles. The van der Waals surface area contributed by atoms with E-state index in [0.29, 0.717) is 6.54 Å². The number of hydrogen-bond donors (Lipinski definition) is 2. The summed E-state index contributed by atoms with van der Waals surface area (Å²) in [5, 5.41) is 3.17. The summed E-state index contributed by atoms with van der Waals surface area (Å²) in [6, 6.07) is -0.150. The normalized spacial score (nSPS) is 23.4. The van der Waals surface area contributed by atoms with Crippen molar-refractivity contribution in [1.82, 2.24) is 10.2 Å². The Balaban J connectivity index is 2.45. The molecule has 1 rings (SSSR count). The Morgan fingerprint density at radius 2 is 2.43 bits per heavy atom. The smallest absolute Gasteiger partial charge is 0.236 e. The third kappa shape index (κ3) is 3.12. The van der Waals surface area contributed by atoms with Crippen molar-refractivity contribution in [3.05, 3.63) is 12.2 Å². The predicted molar refractivity (Wildman–Crippen MR) is 56.9 cm³/mol. The first kappa shape index (κ1) is 11.2. The third-order valence-corrected chi connectivity index (χ3v) is 2.51. The van der Waals surface area contributed by atoms with E-state index in [4.69, 9.17) is 5.73 Å². The van der Waals surface area contributed by atoms with Gasteiger partial charge in [-0.25, -0.2) is 0 Å². The van der Waals surface area contributed by atoms with Crippen molar-refractivity contribution >= 4 is 5.91 Å². The average Bonchev–Trinajstić information content (AvgIpc) is 2.15. The summed E-state index contributed by atoms with van der Waals surface area (Å²) >= 11 is 0. The number of nitrogens with two attached hydrogens (primary N) is 1. The van der Waals surface area contributed by atoms with E-state index < -0.39 is 0 Å². The van der Waals surface area contributed by atoms with Gasteiger partial charge in [0.2, 0.25) is 5.91 Å². The molecular formula is C10H19N3O. The van der Waals surface area contributed by atoms with Gasteiger partial charge in [0, 0.05) is 26.2 Å². The lowest BCUT2D eigenvalue weighted by atomic mass is 10.1. The Morgan fingerprint density at radius 3 is 3.00 bits per heavy atom. The zero-order valence-electron chi connectivity index (χ0n) is 8.75. The van der Waals surface area contributed by atoms with E-state index in [1.54, 1.807) is 0 Å². The molecule has 0 aliphatic carbocycles. The molecule has 4 heteroatoms. The minimum Gasteiger partial charge on any atom is -0.368 e. The lowest BCUT2D eigenvalue weighted by molar-refractivity contribution is -0.123. The molecule has 14 heavy (non-hydrogen) atoms. The van der Waals surface area contributed by atoms with Crippen LogP contribution in [0, 0.1) is 0 Å². The van der Waals surface area contributed by atoms with Crippen LogP contribution in [-0.4, -0.2) is 43.0 Å². The Hall–Kier alpha value is -0.870. The van der Waals surface area contributed by atoms with Gasteiger partial charge in [0.25, 0.3) is 0 Å². The maximum Gasteiger partial charge on any atom is 0.236 e. The van der Waals surface area contributed by atoms with Crippen LogP contribution in [0.15, 0.2) is 12.2 Å². The molecule has 0 aromatic carbocycles. The zero-order chi connectivity index (χ0) is 10.6. The minimum atomic E-state index is -0.237. The molecule has 0 bridgehead atoms. The highest BCUT2D eigenvalue weighted by atomic mass is 16.1. The van der Waals surface area contributed by atoms with Crippen LogP contribution in [0.4, 0.5) is 0 Å². The fourth-order valence-corrected chi connectivity index (χ4v) is 1.63. The van der Waals surface area contributed by atoms with Crippen LogP contribution in [0.25, 0.3) is 0 Å². The van der Waals surface area contributed by atoms with Gasteiger partial charge in [0.05, 0.1) is 0 Å². The Labute approximate surface area is 85.1 Å². The van der Waals surface area contributed by atoms with Gasteiger partial charge in [0.15, 0.2) is 0 Å². The molecular weight excluding hydrogens is 178 g/mol. The van der Waals surface area contributed by atoms with Crippen LogP contribution in [0.1, 0.15) is 13.3 Å². The van der Waals surface area contributed by atoms with Crippen molar-refractivity contribution in [2.45, 2.75) is 19.4 Å². The van der Waals surface area contributed by atoms with E-state index in [1.165, 1.54) is 0 Å². The molecule has 0 saturated carbocycles. The van der Waals surface area contributed by atoms with Crippen molar-refractivity contribution in [1.29, 1.82) is 0 Å². The van der Waals surface area contributed by atoms with E-state index in [1.807, 2.05) is 6.92 Å². The van der Waals surface area contributed by atoms with Gasteiger partial charge in [-0.2, -0.15) is 0 Å². The number of primary amides is 1. The molecule has 1 aliphatic rings. The van der Waals surface area contributed by atoms with Gasteiger partial charge < -0.3 is 11.1 Å². The average molecular weight is 197 g/mol. The summed E-state index contributed by atoms with van der Waals surface area (Å²) in [6.07, 6.45) is 0.934. The second-order valence-corrected chi connectivity index (χ2v) is 3.87. The lowest BCUT2D eigenvalue weighted by Crippen LogP contribution is -2.56. The van der Waals surface area contributed by atoms with Crippen molar-refractivity contribution in [3.63, 3.8) is 0 Å². The monoisotopic (exact) mass is 197 g/mol. The zero-order valence-corrected chi connectivity index (χ0v) is 8.75. The Bertz CT molecular complexity index is 227. The van der Waals surface area contributed by atoms with Crippen LogP contribution in [0.2, 0.25) is 0 Å². The third-order valence-electron chi connectivity index (χ3n) is 2.51. The molecule has 3 N–H and O–H groups in total. The number of piperazine rings is 1. The number of hydrogen-bond acceptors (Lipinski definition) is 3. The molecule has 0 aromatic rings. The van der Waals surface area contributed by atoms with Gasteiger partial charge in [-0.3, -0.25) is 9.69 Å². The van der Waals surface area contributed by atoms with E-state index in [9.17, 15) is 4.79 Å². The van der Waals surface area contributed by atoms with Gasteiger partial charge >= 0.3 is 0 Å². The molecule has 1 atom stereocenters. The Kier molecular flexibility index (Phi) is 4.10. The highest BCUT2D eigenvalue weighted by Crippen LogP contribution is 2.06. The number of amides is 1. The number of nitrogens with one attached hydrogen (secondary N) is 1. The molecule has 0 radical (unpaired) electrons. The van der Waals surface area contributed by atoms with Crippen molar-refractivity contribution < 1.29 is 4.79 Å². The summed E-state index contributed by atoms with van der Waals surface area (Å²) in [6.45, 7) is 9.22. The maximum atomic E-state index is 11.1. The molecule has 1 unspecified atom stereocenters. The minimum absolute atomic E-state index is 0.150. The first-order valence-corrected chi connectivity index (χ1v) is 4.99. The van der Waals surface area contributed by atoms with E-state index in [0.717, 1.165) is 31.6 Å². The fourth-order valence-electron chi connectivity index (χ4n) is 1.63. The second kappa shape index (κ2) is 5.12. The topological polar surface area (TPSA) is 58.4 Å². The predicted octanol–water partition coefficient (Wildman–Crippen LogP) is -0.288. The largest absolute Gasteiger partial charge is 0.368 e. The second-order valence-electron chi connectivity index (χ2n) is 3.87. The van der Waals surface area contributed by atoms with Crippen LogP contribution < -0.4 is 11.1 Å². The molecule has 80 valence electrons. The van der Waals surface area contributed by atoms with Gasteiger partial charge in [-0.15, -0.1) is 6.58 Å². The molecule has 4 nitrogen and oxygen atoms in total. The van der Waals surface area contributed by atoms with Crippen LogP contribution >= 0.6 is 0 Å². The van der Waals surface area contributed by atoms with Gasteiger partial charge in [-0.1, -0.05) is 5.57 Å². The lowest BCUT2D eigenvalue weighted by Gasteiger charge is -2.34. The van der Waals surface area contributed by atoms with Gasteiger partial charge in [-0.05, 0) is 13.3 Å². The summed E-state index contributed by atoms with van der Waals surface area (Å²) in [5.74, 6) is -0.237. The highest BCUT2D eigenvalue weighted by Gasteiger charge is 2.25. The summed E-state index contributed by atoms with van der Waals surface area (Å²) < 4.78 is 0. The molecule has 1 amide bonds. The quantitative estimate of drug-likeness (QED) is 0.609. The first-order chi connectivity index (χ1) is 6.61. The van der Waals surface area contributed by atoms with Crippen molar-refractivity contribution in [2.24, 2.45) is 5.73 Å². The van der Waals surface area contributed by atoms with E-state index in [2.05, 4.69) is 16.8 Å². The summed E-state index contributed by atoms with van der Waals surface area (Å²) in [4.78, 5) is 13.3. The number of rotatable bonds is 4. The molecule has 1 saturated heterocycles. The molecule has 0 aromatic heterocycles. The number of nitrogens with zero attached hydrogens (tertiary/aromatic N) is 1. The van der Waals surface area contributed by atoms with Crippen molar-refractivity contribution in [2.75, 3.05) is 26.2 Å². The van der Waals surface area contributed by atoms with Crippen LogP contribution in [0.5, 0.6) is 0 Å². The number of carbonyl (C=O) groups excluding carboxylic acids is 1. The number of carbonyl (C=O) groups is 1. The van der Waals surface area contributed by atoms with E-state index in [-0.39, 0.29) is 11.9 Å². The van der Waals surface area contributed by atoms with Gasteiger partial charge in [0.1, 0.15) is 6.04 Å². The SMILES string of the molecule is C=C(C)CCN1CCNCC1C(N)=O. The highest BCUT2D eigenvalue weighted by molar-refractivity contribution is 5.80. The first-order valence-electron chi connectivity index (χ1n) is 4.99. The van der Waals surface area contributed by atoms with Crippen LogP contribution in [-0.2, 0) is 4.79 Å². The van der Waals surface area contributed by atoms with E-state index >= 15 is 0 Å². The Morgan fingerprint density at radius 1 is 1.71 bits per heavy atom.